The van der Waals surface area contributed by atoms with E-state index in [-0.39, 0.29) is 9.37 Å². The molecule has 20 heavy (non-hydrogen) atoms. The van der Waals surface area contributed by atoms with Crippen molar-refractivity contribution in [3.05, 3.63) is 28.5 Å². The Hall–Kier alpha value is -1.52. The fraction of sp³-hybridized carbons (Fsp3) is 0.200. The third kappa shape index (κ3) is 4.87. The Labute approximate surface area is 122 Å². The van der Waals surface area contributed by atoms with Gasteiger partial charge < -0.3 is 10.4 Å². The molecule has 0 aliphatic carbocycles. The first-order valence-electron chi connectivity index (χ1n) is 5.15. The van der Waals surface area contributed by atoms with Crippen molar-refractivity contribution >= 4 is 37.8 Å². The number of nitrogens with one attached hydrogen (secondary N) is 2. The number of hydrogen-bond donors (Lipinski definition) is 3. The van der Waals surface area contributed by atoms with Crippen molar-refractivity contribution in [2.75, 3.05) is 13.1 Å². The van der Waals surface area contributed by atoms with Gasteiger partial charge in [0.1, 0.15) is 12.4 Å². The summed E-state index contributed by atoms with van der Waals surface area (Å²) in [5.41, 5.74) is 0. The second-order valence-electron chi connectivity index (χ2n) is 3.57. The lowest BCUT2D eigenvalue weighted by atomic mass is 10.3. The van der Waals surface area contributed by atoms with Gasteiger partial charge in [-0.1, -0.05) is 0 Å². The quantitative estimate of drug-likeness (QED) is 0.657. The minimum absolute atomic E-state index is 0.0101. The highest BCUT2D eigenvalue weighted by molar-refractivity contribution is 9.10. The third-order valence-corrected chi connectivity index (χ3v) is 4.42. The van der Waals surface area contributed by atoms with E-state index >= 15 is 0 Å². The molecular formula is C10H10BrFN2O5S. The number of sulfonamides is 1. The Kier molecular flexibility index (Phi) is 5.60. The Morgan fingerprint density at radius 2 is 1.95 bits per heavy atom. The van der Waals surface area contributed by atoms with Gasteiger partial charge in [0, 0.05) is 4.47 Å². The maximum absolute atomic E-state index is 12.9. The summed E-state index contributed by atoms with van der Waals surface area (Å²) in [4.78, 5) is 21.2. The molecule has 0 aromatic heterocycles. The van der Waals surface area contributed by atoms with Crippen LogP contribution in [-0.2, 0) is 19.6 Å². The van der Waals surface area contributed by atoms with Crippen LogP contribution in [0.15, 0.2) is 27.6 Å². The van der Waals surface area contributed by atoms with E-state index in [9.17, 15) is 22.4 Å². The van der Waals surface area contributed by atoms with Crippen LogP contribution in [0, 0.1) is 5.82 Å². The summed E-state index contributed by atoms with van der Waals surface area (Å²) in [7, 11) is -4.01. The van der Waals surface area contributed by atoms with Crippen LogP contribution >= 0.6 is 15.9 Å². The smallest absolute Gasteiger partial charge is 0.322 e. The average molecular weight is 369 g/mol. The summed E-state index contributed by atoms with van der Waals surface area (Å²) < 4.78 is 38.5. The van der Waals surface area contributed by atoms with Gasteiger partial charge in [0.25, 0.3) is 0 Å². The molecule has 1 rings (SSSR count). The molecule has 0 bridgehead atoms. The fourth-order valence-electron chi connectivity index (χ4n) is 1.17. The molecule has 0 saturated heterocycles. The lowest BCUT2D eigenvalue weighted by Crippen LogP contribution is -2.39. The number of rotatable bonds is 6. The summed E-state index contributed by atoms with van der Waals surface area (Å²) in [6.45, 7) is -1.24. The molecule has 110 valence electrons. The molecular weight excluding hydrogens is 359 g/mol. The highest BCUT2D eigenvalue weighted by Gasteiger charge is 2.19. The van der Waals surface area contributed by atoms with Gasteiger partial charge in [-0.05, 0) is 34.1 Å². The van der Waals surface area contributed by atoms with Gasteiger partial charge in [-0.2, -0.15) is 0 Å². The van der Waals surface area contributed by atoms with Gasteiger partial charge >= 0.3 is 5.97 Å². The highest BCUT2D eigenvalue weighted by atomic mass is 79.9. The first kappa shape index (κ1) is 16.5. The van der Waals surface area contributed by atoms with Crippen molar-refractivity contribution in [3.8, 4) is 0 Å². The molecule has 0 atom stereocenters. The van der Waals surface area contributed by atoms with Crippen molar-refractivity contribution in [1.82, 2.24) is 10.0 Å². The van der Waals surface area contributed by atoms with Crippen LogP contribution in [0.3, 0.4) is 0 Å². The van der Waals surface area contributed by atoms with Crippen molar-refractivity contribution in [3.63, 3.8) is 0 Å². The van der Waals surface area contributed by atoms with Gasteiger partial charge in [-0.25, -0.2) is 17.5 Å². The monoisotopic (exact) mass is 368 g/mol. The average Bonchev–Trinajstić information content (AvgIpc) is 2.33. The van der Waals surface area contributed by atoms with Crippen molar-refractivity contribution in [2.24, 2.45) is 0 Å². The Morgan fingerprint density at radius 3 is 2.50 bits per heavy atom. The van der Waals surface area contributed by atoms with Crippen LogP contribution in [0.4, 0.5) is 4.39 Å². The number of carbonyl (C=O) groups is 2. The van der Waals surface area contributed by atoms with Gasteiger partial charge in [-0.3, -0.25) is 9.59 Å². The van der Waals surface area contributed by atoms with Crippen molar-refractivity contribution in [1.29, 1.82) is 0 Å². The number of aliphatic carboxylic acids is 1. The lowest BCUT2D eigenvalue weighted by Gasteiger charge is -2.08. The molecule has 10 heteroatoms. The predicted octanol–water partition coefficient (Wildman–Crippen LogP) is 0.0673. The molecule has 7 nitrogen and oxygen atoms in total. The maximum Gasteiger partial charge on any atom is 0.322 e. The van der Waals surface area contributed by atoms with Gasteiger partial charge in [0.05, 0.1) is 11.4 Å². The van der Waals surface area contributed by atoms with Gasteiger partial charge in [-0.15, -0.1) is 0 Å². The topological polar surface area (TPSA) is 113 Å². The molecule has 1 aromatic carbocycles. The molecule has 0 saturated carbocycles. The molecule has 0 fully saturated rings. The van der Waals surface area contributed by atoms with Crippen LogP contribution in [0.2, 0.25) is 0 Å². The zero-order valence-corrected chi connectivity index (χ0v) is 12.3. The van der Waals surface area contributed by atoms with Crippen LogP contribution < -0.4 is 10.0 Å². The van der Waals surface area contributed by atoms with E-state index in [0.717, 1.165) is 18.2 Å². The molecule has 1 amide bonds. The highest BCUT2D eigenvalue weighted by Crippen LogP contribution is 2.22. The van der Waals surface area contributed by atoms with Crippen molar-refractivity contribution < 1.29 is 27.5 Å². The number of carboxylic acid groups (broad SMARTS) is 1. The summed E-state index contributed by atoms with van der Waals surface area (Å²) in [6, 6.07) is 2.97. The number of carbonyl (C=O) groups excluding carboxylic acids is 1. The van der Waals surface area contributed by atoms with Crippen LogP contribution in [0.5, 0.6) is 0 Å². The zero-order valence-electron chi connectivity index (χ0n) is 9.89. The predicted molar refractivity (Wildman–Crippen MR) is 69.9 cm³/mol. The van der Waals surface area contributed by atoms with Crippen LogP contribution in [0.25, 0.3) is 0 Å². The number of carboxylic acids is 1. The van der Waals surface area contributed by atoms with E-state index in [2.05, 4.69) is 15.9 Å². The van der Waals surface area contributed by atoms with Crippen LogP contribution in [-0.4, -0.2) is 38.5 Å². The molecule has 0 radical (unpaired) electrons. The SMILES string of the molecule is O=C(O)CNC(=O)CNS(=O)(=O)c1ccc(F)cc1Br. The number of benzene rings is 1. The standard InChI is InChI=1S/C10H10BrFN2O5S/c11-7-3-6(12)1-2-8(7)20(18,19)14-4-9(15)13-5-10(16)17/h1-3,14H,4-5H2,(H,13,15)(H,16,17). The molecule has 0 spiro atoms. The number of halogens is 2. The number of amides is 1. The second-order valence-corrected chi connectivity index (χ2v) is 6.16. The molecule has 0 heterocycles. The largest absolute Gasteiger partial charge is 0.480 e. The molecule has 0 aliphatic rings. The summed E-state index contributed by atoms with van der Waals surface area (Å²) >= 11 is 2.90. The van der Waals surface area contributed by atoms with E-state index in [0.29, 0.717) is 0 Å². The third-order valence-electron chi connectivity index (χ3n) is 2.04. The van der Waals surface area contributed by atoms with Crippen molar-refractivity contribution in [2.45, 2.75) is 4.90 Å². The van der Waals surface area contributed by atoms with E-state index < -0.39 is 40.8 Å². The molecule has 0 unspecified atom stereocenters. The molecule has 1 aromatic rings. The minimum Gasteiger partial charge on any atom is -0.480 e. The first-order chi connectivity index (χ1) is 9.22. The van der Waals surface area contributed by atoms with Crippen LogP contribution in [0.1, 0.15) is 0 Å². The Morgan fingerprint density at radius 1 is 1.30 bits per heavy atom. The summed E-state index contributed by atoms with van der Waals surface area (Å²) in [6.07, 6.45) is 0. The zero-order chi connectivity index (χ0) is 15.3. The summed E-state index contributed by atoms with van der Waals surface area (Å²) in [5.74, 6) is -2.66. The van der Waals surface area contributed by atoms with Gasteiger partial charge in [0.2, 0.25) is 15.9 Å². The Balaban J connectivity index is 2.71. The summed E-state index contributed by atoms with van der Waals surface area (Å²) in [5, 5.41) is 10.3. The second kappa shape index (κ2) is 6.77. The minimum atomic E-state index is -4.01. The molecule has 3 N–H and O–H groups in total. The molecule has 0 aliphatic heterocycles. The Bertz CT molecular complexity index is 635. The van der Waals surface area contributed by atoms with Gasteiger partial charge in [0.15, 0.2) is 0 Å². The maximum atomic E-state index is 12.9. The first-order valence-corrected chi connectivity index (χ1v) is 7.43. The van der Waals surface area contributed by atoms with E-state index in [1.165, 1.54) is 0 Å². The normalized spacial score (nSPS) is 11.1. The van der Waals surface area contributed by atoms with E-state index in [1.807, 2.05) is 10.0 Å². The van der Waals surface area contributed by atoms with E-state index in [1.54, 1.807) is 0 Å². The number of hydrogen-bond acceptors (Lipinski definition) is 4. The fourth-order valence-corrected chi connectivity index (χ4v) is 3.20. The lowest BCUT2D eigenvalue weighted by molar-refractivity contribution is -0.137. The van der Waals surface area contributed by atoms with E-state index in [4.69, 9.17) is 5.11 Å².